The molecule has 7 heteroatoms. The molecule has 5 nitrogen and oxygen atoms in total. The predicted molar refractivity (Wildman–Crippen MR) is 114 cm³/mol. The quantitative estimate of drug-likeness (QED) is 0.607. The van der Waals surface area contributed by atoms with Crippen molar-refractivity contribution < 1.29 is 9.53 Å². The molecule has 3 aromatic rings. The number of carbonyl (C=O) groups is 1. The van der Waals surface area contributed by atoms with Gasteiger partial charge in [0.2, 0.25) is 0 Å². The van der Waals surface area contributed by atoms with Gasteiger partial charge in [-0.25, -0.2) is 9.79 Å². The van der Waals surface area contributed by atoms with E-state index < -0.39 is 12.0 Å². The van der Waals surface area contributed by atoms with E-state index in [2.05, 4.69) is 4.99 Å². The van der Waals surface area contributed by atoms with Crippen LogP contribution < -0.4 is 14.9 Å². The van der Waals surface area contributed by atoms with Crippen molar-refractivity contribution >= 4 is 35.0 Å². The molecule has 0 amide bonds. The molecule has 0 unspecified atom stereocenters. The summed E-state index contributed by atoms with van der Waals surface area (Å²) in [6.45, 7) is 1.75. The van der Waals surface area contributed by atoms with E-state index in [1.165, 1.54) is 18.4 Å². The number of hydrogen-bond donors (Lipinski definition) is 0. The summed E-state index contributed by atoms with van der Waals surface area (Å²) in [5.41, 5.74) is 2.35. The Hall–Kier alpha value is -2.96. The molecule has 0 saturated heterocycles. The van der Waals surface area contributed by atoms with E-state index in [4.69, 9.17) is 16.3 Å². The van der Waals surface area contributed by atoms with Gasteiger partial charge < -0.3 is 4.74 Å². The van der Waals surface area contributed by atoms with Crippen molar-refractivity contribution in [3.8, 4) is 0 Å². The Morgan fingerprint density at radius 2 is 1.86 bits per heavy atom. The highest BCUT2D eigenvalue weighted by Crippen LogP contribution is 2.31. The van der Waals surface area contributed by atoms with Gasteiger partial charge in [-0.05, 0) is 36.3 Å². The molecule has 1 aliphatic heterocycles. The number of halogens is 1. The number of rotatable bonds is 3. The zero-order valence-electron chi connectivity index (χ0n) is 15.8. The van der Waals surface area contributed by atoms with Crippen molar-refractivity contribution in [3.63, 3.8) is 0 Å². The van der Waals surface area contributed by atoms with Gasteiger partial charge in [0.25, 0.3) is 5.56 Å². The van der Waals surface area contributed by atoms with Gasteiger partial charge in [-0.1, -0.05) is 65.4 Å². The highest BCUT2D eigenvalue weighted by atomic mass is 35.5. The molecule has 0 saturated carbocycles. The first-order chi connectivity index (χ1) is 14.0. The Bertz CT molecular complexity index is 1290. The molecule has 1 atom stereocenters. The standard InChI is InChI=1S/C22H17ClN2O3S/c1-13-18(21(27)28-2)19(15-8-10-16(23)11-9-15)25-20(26)17(29-22(25)24-13)12-14-6-4-3-5-7-14/h3-12,19H,1-2H3/b17-12+/t19-/m0/s1. The van der Waals surface area contributed by atoms with Crippen LogP contribution in [0.3, 0.4) is 0 Å². The van der Waals surface area contributed by atoms with Crippen LogP contribution in [0.5, 0.6) is 0 Å². The summed E-state index contributed by atoms with van der Waals surface area (Å²) in [6.07, 6.45) is 1.83. The van der Waals surface area contributed by atoms with Crippen molar-refractivity contribution in [2.45, 2.75) is 13.0 Å². The molecule has 2 aromatic carbocycles. The molecule has 29 heavy (non-hydrogen) atoms. The summed E-state index contributed by atoms with van der Waals surface area (Å²) < 4.78 is 7.10. The monoisotopic (exact) mass is 424 g/mol. The van der Waals surface area contributed by atoms with Crippen molar-refractivity contribution in [2.75, 3.05) is 7.11 Å². The summed E-state index contributed by atoms with van der Waals surface area (Å²) >= 11 is 7.34. The lowest BCUT2D eigenvalue weighted by Gasteiger charge is -2.24. The Labute approximate surface area is 175 Å². The van der Waals surface area contributed by atoms with Gasteiger partial charge in [0.15, 0.2) is 4.80 Å². The van der Waals surface area contributed by atoms with Crippen molar-refractivity contribution in [1.29, 1.82) is 0 Å². The van der Waals surface area contributed by atoms with Gasteiger partial charge in [-0.15, -0.1) is 0 Å². The lowest BCUT2D eigenvalue weighted by molar-refractivity contribution is -0.136. The summed E-state index contributed by atoms with van der Waals surface area (Å²) in [6, 6.07) is 16.1. The number of benzene rings is 2. The molecule has 1 aromatic heterocycles. The van der Waals surface area contributed by atoms with Gasteiger partial charge in [-0.3, -0.25) is 9.36 Å². The number of hydrogen-bond acceptors (Lipinski definition) is 5. The zero-order valence-corrected chi connectivity index (χ0v) is 17.3. The molecule has 4 rings (SSSR count). The molecular weight excluding hydrogens is 408 g/mol. The second-order valence-electron chi connectivity index (χ2n) is 6.54. The fourth-order valence-electron chi connectivity index (χ4n) is 3.35. The minimum absolute atomic E-state index is 0.202. The van der Waals surface area contributed by atoms with Crippen LogP contribution in [0.25, 0.3) is 6.08 Å². The highest BCUT2D eigenvalue weighted by Gasteiger charge is 2.32. The molecule has 0 fully saturated rings. The maximum atomic E-state index is 13.3. The van der Waals surface area contributed by atoms with Crippen molar-refractivity contribution in [2.24, 2.45) is 4.99 Å². The second kappa shape index (κ2) is 7.81. The summed E-state index contributed by atoms with van der Waals surface area (Å²) in [7, 11) is 1.32. The Morgan fingerprint density at radius 1 is 1.17 bits per heavy atom. The summed E-state index contributed by atoms with van der Waals surface area (Å²) in [5.74, 6) is -0.511. The first-order valence-corrected chi connectivity index (χ1v) is 10.1. The van der Waals surface area contributed by atoms with Gasteiger partial charge >= 0.3 is 5.97 Å². The Kier molecular flexibility index (Phi) is 5.22. The number of fused-ring (bicyclic) bond motifs is 1. The molecule has 0 spiro atoms. The molecule has 146 valence electrons. The van der Waals surface area contributed by atoms with E-state index in [9.17, 15) is 9.59 Å². The van der Waals surface area contributed by atoms with Crippen LogP contribution >= 0.6 is 22.9 Å². The minimum Gasteiger partial charge on any atom is -0.466 e. The molecule has 0 radical (unpaired) electrons. The van der Waals surface area contributed by atoms with E-state index in [0.717, 1.165) is 11.1 Å². The number of nitrogens with zero attached hydrogens (tertiary/aromatic N) is 2. The van der Waals surface area contributed by atoms with Crippen molar-refractivity contribution in [3.05, 3.63) is 102 Å². The average Bonchev–Trinajstić information content (AvgIpc) is 3.02. The van der Waals surface area contributed by atoms with Crippen LogP contribution in [0, 0.1) is 0 Å². The van der Waals surface area contributed by atoms with Crippen LogP contribution in [-0.4, -0.2) is 17.6 Å². The molecule has 0 N–H and O–H groups in total. The number of aromatic nitrogens is 1. The van der Waals surface area contributed by atoms with Gasteiger partial charge in [-0.2, -0.15) is 0 Å². The van der Waals surface area contributed by atoms with Crippen LogP contribution in [0.4, 0.5) is 0 Å². The second-order valence-corrected chi connectivity index (χ2v) is 7.98. The van der Waals surface area contributed by atoms with E-state index in [-0.39, 0.29) is 5.56 Å². The third-order valence-corrected chi connectivity index (χ3v) is 5.94. The number of ether oxygens (including phenoxy) is 1. The molecular formula is C22H17ClN2O3S. The molecule has 0 aliphatic carbocycles. The van der Waals surface area contributed by atoms with Crippen LogP contribution in [0.2, 0.25) is 5.02 Å². The molecule has 0 bridgehead atoms. The zero-order chi connectivity index (χ0) is 20.5. The van der Waals surface area contributed by atoms with E-state index in [1.807, 2.05) is 48.5 Å². The predicted octanol–water partition coefficient (Wildman–Crippen LogP) is 3.06. The largest absolute Gasteiger partial charge is 0.466 e. The van der Waals surface area contributed by atoms with E-state index >= 15 is 0 Å². The normalized spacial score (nSPS) is 16.4. The molecule has 2 heterocycles. The minimum atomic E-state index is -0.631. The van der Waals surface area contributed by atoms with Gasteiger partial charge in [0.05, 0.1) is 29.0 Å². The first-order valence-electron chi connectivity index (χ1n) is 8.91. The number of thiazole rings is 1. The van der Waals surface area contributed by atoms with E-state index in [1.54, 1.807) is 23.6 Å². The van der Waals surface area contributed by atoms with Crippen LogP contribution in [0.15, 0.2) is 75.7 Å². The number of allylic oxidation sites excluding steroid dienone is 1. The maximum absolute atomic E-state index is 13.3. The SMILES string of the molecule is COC(=O)C1=C(C)N=c2s/c(=C/c3ccccc3)c(=O)n2[C@H]1c1ccc(Cl)cc1. The van der Waals surface area contributed by atoms with Crippen molar-refractivity contribution in [1.82, 2.24) is 4.57 Å². The topological polar surface area (TPSA) is 60.7 Å². The fraction of sp³-hybridized carbons (Fsp3) is 0.136. The van der Waals surface area contributed by atoms with Gasteiger partial charge in [0, 0.05) is 5.02 Å². The number of carbonyl (C=O) groups excluding carboxylic acids is 1. The molecule has 1 aliphatic rings. The Morgan fingerprint density at radius 3 is 2.52 bits per heavy atom. The van der Waals surface area contributed by atoms with E-state index in [0.29, 0.717) is 25.6 Å². The Balaban J connectivity index is 1.99. The maximum Gasteiger partial charge on any atom is 0.338 e. The van der Waals surface area contributed by atoms with Crippen LogP contribution in [-0.2, 0) is 9.53 Å². The summed E-state index contributed by atoms with van der Waals surface area (Å²) in [5, 5.41) is 0.575. The average molecular weight is 425 g/mol. The van der Waals surface area contributed by atoms with Gasteiger partial charge in [0.1, 0.15) is 0 Å². The third-order valence-electron chi connectivity index (χ3n) is 4.71. The number of methoxy groups -OCH3 is 1. The smallest absolute Gasteiger partial charge is 0.338 e. The highest BCUT2D eigenvalue weighted by molar-refractivity contribution is 7.07. The first kappa shape index (κ1) is 19.4. The lowest BCUT2D eigenvalue weighted by Crippen LogP contribution is -2.39. The number of esters is 1. The summed E-state index contributed by atoms with van der Waals surface area (Å²) in [4.78, 5) is 30.9. The fourth-order valence-corrected chi connectivity index (χ4v) is 4.53. The lowest BCUT2D eigenvalue weighted by atomic mass is 9.96. The third kappa shape index (κ3) is 3.57. The van der Waals surface area contributed by atoms with Crippen LogP contribution in [0.1, 0.15) is 24.1 Å².